The first-order valence-electron chi connectivity index (χ1n) is 10.1. The molecular weight excluding hydrogens is 344 g/mol. The Balaban J connectivity index is 1.38. The quantitative estimate of drug-likeness (QED) is 0.650. The largest absolute Gasteiger partial charge is 0.362 e. The van der Waals surface area contributed by atoms with Gasteiger partial charge in [-0.25, -0.2) is 0 Å². The number of hydrogen-bond donors (Lipinski definition) is 1. The van der Waals surface area contributed by atoms with Crippen LogP contribution in [0.5, 0.6) is 0 Å². The fraction of sp³-hybridized carbons (Fsp3) is 0.650. The molecule has 2 saturated carbocycles. The number of amides is 1. The third-order valence-electron chi connectivity index (χ3n) is 6.77. The number of nitro benzene ring substituents is 1. The Morgan fingerprint density at radius 1 is 1.07 bits per heavy atom. The molecule has 1 aromatic rings. The zero-order chi connectivity index (χ0) is 19.0. The van der Waals surface area contributed by atoms with Gasteiger partial charge in [0.25, 0.3) is 5.69 Å². The minimum Gasteiger partial charge on any atom is -0.362 e. The molecule has 2 N–H and O–H groups in total. The lowest BCUT2D eigenvalue weighted by Gasteiger charge is -2.45. The van der Waals surface area contributed by atoms with Crippen LogP contribution in [0.25, 0.3) is 0 Å². The van der Waals surface area contributed by atoms with Gasteiger partial charge < -0.3 is 15.5 Å². The molecular formula is C20H28N4O3. The summed E-state index contributed by atoms with van der Waals surface area (Å²) in [5.74, 6) is 1.37. The highest BCUT2D eigenvalue weighted by molar-refractivity contribution is 5.79. The monoisotopic (exact) mass is 372 g/mol. The average Bonchev–Trinajstić information content (AvgIpc) is 2.67. The molecule has 1 aromatic carbocycles. The van der Waals surface area contributed by atoms with Gasteiger partial charge in [-0.05, 0) is 43.6 Å². The van der Waals surface area contributed by atoms with Gasteiger partial charge in [-0.2, -0.15) is 0 Å². The van der Waals surface area contributed by atoms with E-state index in [4.69, 9.17) is 5.73 Å². The summed E-state index contributed by atoms with van der Waals surface area (Å²) in [4.78, 5) is 28.0. The Labute approximate surface area is 159 Å². The number of fused-ring (bicyclic) bond motifs is 2. The minimum absolute atomic E-state index is 0.109. The molecule has 0 radical (unpaired) electrons. The number of nitro groups is 1. The van der Waals surface area contributed by atoms with E-state index in [0.717, 1.165) is 25.7 Å². The number of benzene rings is 1. The van der Waals surface area contributed by atoms with Gasteiger partial charge in [0.15, 0.2) is 0 Å². The zero-order valence-electron chi connectivity index (χ0n) is 15.6. The molecule has 2 atom stereocenters. The Morgan fingerprint density at radius 3 is 2.33 bits per heavy atom. The normalized spacial score (nSPS) is 30.9. The number of carbonyl (C=O) groups excluding carboxylic acids is 1. The molecule has 7 nitrogen and oxygen atoms in total. The molecule has 2 unspecified atom stereocenters. The summed E-state index contributed by atoms with van der Waals surface area (Å²) < 4.78 is 0. The summed E-state index contributed by atoms with van der Waals surface area (Å²) in [5, 5.41) is 11.3. The maximum atomic E-state index is 13.1. The second-order valence-corrected chi connectivity index (χ2v) is 8.25. The molecule has 4 rings (SSSR count). The van der Waals surface area contributed by atoms with E-state index in [1.54, 1.807) is 12.1 Å². The van der Waals surface area contributed by atoms with Crippen LogP contribution in [0.15, 0.2) is 24.3 Å². The summed E-state index contributed by atoms with van der Waals surface area (Å²) in [6.45, 7) is 2.52. The first-order chi connectivity index (χ1) is 13.0. The van der Waals surface area contributed by atoms with Gasteiger partial charge in [-0.3, -0.25) is 14.9 Å². The van der Waals surface area contributed by atoms with E-state index in [1.807, 2.05) is 15.9 Å². The Kier molecular flexibility index (Phi) is 5.04. The third kappa shape index (κ3) is 3.52. The maximum absolute atomic E-state index is 13.1. The van der Waals surface area contributed by atoms with Crippen molar-refractivity contribution >= 4 is 17.3 Å². The SMILES string of the molecule is NC1C2CCCC1CC(C(=O)N1CCN(c3ccccc3[N+](=O)[O-])CC1)C2. The molecule has 1 saturated heterocycles. The number of nitrogens with zero attached hydrogens (tertiary/aromatic N) is 3. The second kappa shape index (κ2) is 7.46. The summed E-state index contributed by atoms with van der Waals surface area (Å²) in [5.41, 5.74) is 7.14. The van der Waals surface area contributed by atoms with Crippen LogP contribution in [-0.2, 0) is 4.79 Å². The van der Waals surface area contributed by atoms with Crippen molar-refractivity contribution in [1.29, 1.82) is 0 Å². The van der Waals surface area contributed by atoms with E-state index in [9.17, 15) is 14.9 Å². The molecule has 3 aliphatic rings. The van der Waals surface area contributed by atoms with Crippen LogP contribution >= 0.6 is 0 Å². The van der Waals surface area contributed by atoms with Crippen molar-refractivity contribution in [3.05, 3.63) is 34.4 Å². The van der Waals surface area contributed by atoms with Crippen LogP contribution in [0.2, 0.25) is 0 Å². The summed E-state index contributed by atoms with van der Waals surface area (Å²) in [6, 6.07) is 7.12. The van der Waals surface area contributed by atoms with Crippen molar-refractivity contribution in [2.24, 2.45) is 23.5 Å². The molecule has 3 fully saturated rings. The van der Waals surface area contributed by atoms with Crippen molar-refractivity contribution < 1.29 is 9.72 Å². The smallest absolute Gasteiger partial charge is 0.292 e. The van der Waals surface area contributed by atoms with Crippen LogP contribution < -0.4 is 10.6 Å². The van der Waals surface area contributed by atoms with Crippen molar-refractivity contribution in [2.75, 3.05) is 31.1 Å². The lowest BCUT2D eigenvalue weighted by Crippen LogP contribution is -2.53. The van der Waals surface area contributed by atoms with Gasteiger partial charge in [0.1, 0.15) is 5.69 Å². The molecule has 0 spiro atoms. The number of hydrogen-bond acceptors (Lipinski definition) is 5. The summed E-state index contributed by atoms with van der Waals surface area (Å²) in [6.07, 6.45) is 5.43. The third-order valence-corrected chi connectivity index (χ3v) is 6.77. The molecule has 1 heterocycles. The molecule has 7 heteroatoms. The molecule has 1 aliphatic heterocycles. The number of piperazine rings is 1. The van der Waals surface area contributed by atoms with Gasteiger partial charge in [0.2, 0.25) is 5.91 Å². The Bertz CT molecular complexity index is 703. The molecule has 2 aliphatic carbocycles. The fourth-order valence-electron chi connectivity index (χ4n) is 5.30. The van der Waals surface area contributed by atoms with Crippen LogP contribution in [-0.4, -0.2) is 48.0 Å². The fourth-order valence-corrected chi connectivity index (χ4v) is 5.30. The van der Waals surface area contributed by atoms with Crippen molar-refractivity contribution in [3.8, 4) is 0 Å². The first kappa shape index (κ1) is 18.2. The Hall–Kier alpha value is -2.15. The van der Waals surface area contributed by atoms with E-state index in [1.165, 1.54) is 12.5 Å². The number of rotatable bonds is 3. The zero-order valence-corrected chi connectivity index (χ0v) is 15.6. The van der Waals surface area contributed by atoms with Gasteiger partial charge in [-0.15, -0.1) is 0 Å². The predicted molar refractivity (Wildman–Crippen MR) is 103 cm³/mol. The molecule has 146 valence electrons. The Morgan fingerprint density at radius 2 is 1.70 bits per heavy atom. The van der Waals surface area contributed by atoms with Crippen molar-refractivity contribution in [2.45, 2.75) is 38.1 Å². The highest BCUT2D eigenvalue weighted by Crippen LogP contribution is 2.42. The lowest BCUT2D eigenvalue weighted by molar-refractivity contribution is -0.384. The molecule has 1 amide bonds. The molecule has 2 bridgehead atoms. The summed E-state index contributed by atoms with van der Waals surface area (Å²) in [7, 11) is 0. The van der Waals surface area contributed by atoms with Gasteiger partial charge in [0, 0.05) is 44.2 Å². The molecule has 27 heavy (non-hydrogen) atoms. The topological polar surface area (TPSA) is 92.7 Å². The molecule has 0 aromatic heterocycles. The van der Waals surface area contributed by atoms with E-state index in [2.05, 4.69) is 0 Å². The first-order valence-corrected chi connectivity index (χ1v) is 10.1. The second-order valence-electron chi connectivity index (χ2n) is 8.25. The average molecular weight is 372 g/mol. The number of nitrogens with two attached hydrogens (primary N) is 1. The van der Waals surface area contributed by atoms with E-state index in [-0.39, 0.29) is 28.5 Å². The van der Waals surface area contributed by atoms with Crippen LogP contribution in [0, 0.1) is 27.9 Å². The number of para-hydroxylation sites is 2. The summed E-state index contributed by atoms with van der Waals surface area (Å²) >= 11 is 0. The van der Waals surface area contributed by atoms with Crippen LogP contribution in [0.3, 0.4) is 0 Å². The lowest BCUT2D eigenvalue weighted by atomic mass is 9.65. The minimum atomic E-state index is -0.336. The van der Waals surface area contributed by atoms with E-state index >= 15 is 0 Å². The predicted octanol–water partition coefficient (Wildman–Crippen LogP) is 2.40. The van der Waals surface area contributed by atoms with Crippen molar-refractivity contribution in [1.82, 2.24) is 4.90 Å². The number of anilines is 1. The highest BCUT2D eigenvalue weighted by Gasteiger charge is 2.42. The van der Waals surface area contributed by atoms with E-state index in [0.29, 0.717) is 43.7 Å². The maximum Gasteiger partial charge on any atom is 0.292 e. The van der Waals surface area contributed by atoms with Crippen LogP contribution in [0.1, 0.15) is 32.1 Å². The van der Waals surface area contributed by atoms with Gasteiger partial charge >= 0.3 is 0 Å². The van der Waals surface area contributed by atoms with Gasteiger partial charge in [-0.1, -0.05) is 18.6 Å². The standard InChI is InChI=1S/C20H28N4O3/c21-19-14-4-3-5-15(19)13-16(12-14)20(25)23-10-8-22(9-11-23)17-6-1-2-7-18(17)24(26)27/h1-2,6-7,14-16,19H,3-5,8-13,21H2. The highest BCUT2D eigenvalue weighted by atomic mass is 16.6. The van der Waals surface area contributed by atoms with Gasteiger partial charge in [0.05, 0.1) is 4.92 Å². The number of carbonyl (C=O) groups is 1. The van der Waals surface area contributed by atoms with Crippen LogP contribution in [0.4, 0.5) is 11.4 Å². The van der Waals surface area contributed by atoms with E-state index < -0.39 is 0 Å². The van der Waals surface area contributed by atoms with Crippen molar-refractivity contribution in [3.63, 3.8) is 0 Å².